The SMILES string of the molecule is CCCc1c(OCCCOc2ccc(-c3ccon3)c(OC)c2CC2CC2)ccc2c1OC(C(=O)O)CC2. The van der Waals surface area contributed by atoms with Crippen molar-refractivity contribution in [2.45, 2.75) is 64.4 Å². The molecule has 0 bridgehead atoms. The van der Waals surface area contributed by atoms with E-state index in [2.05, 4.69) is 12.1 Å². The van der Waals surface area contributed by atoms with Gasteiger partial charge in [0.2, 0.25) is 0 Å². The molecule has 1 aromatic heterocycles. The van der Waals surface area contributed by atoms with Crippen molar-refractivity contribution >= 4 is 5.97 Å². The summed E-state index contributed by atoms with van der Waals surface area (Å²) in [6, 6.07) is 9.76. The van der Waals surface area contributed by atoms with Crippen LogP contribution in [0.3, 0.4) is 0 Å². The second-order valence-corrected chi connectivity index (χ2v) is 9.97. The van der Waals surface area contributed by atoms with Crippen molar-refractivity contribution in [3.05, 3.63) is 53.3 Å². The highest BCUT2D eigenvalue weighted by atomic mass is 16.5. The minimum Gasteiger partial charge on any atom is -0.496 e. The lowest BCUT2D eigenvalue weighted by Crippen LogP contribution is -2.31. The van der Waals surface area contributed by atoms with E-state index < -0.39 is 12.1 Å². The molecule has 1 aliphatic heterocycles. The minimum atomic E-state index is -0.923. The summed E-state index contributed by atoms with van der Waals surface area (Å²) in [4.78, 5) is 11.5. The van der Waals surface area contributed by atoms with Gasteiger partial charge in [-0.3, -0.25) is 0 Å². The largest absolute Gasteiger partial charge is 0.496 e. The first-order valence-electron chi connectivity index (χ1n) is 13.5. The van der Waals surface area contributed by atoms with Crippen molar-refractivity contribution in [3.63, 3.8) is 0 Å². The van der Waals surface area contributed by atoms with Crippen LogP contribution in [0.4, 0.5) is 0 Å². The molecule has 2 heterocycles. The van der Waals surface area contributed by atoms with E-state index in [-0.39, 0.29) is 0 Å². The fraction of sp³-hybridized carbons (Fsp3) is 0.467. The molecule has 1 saturated carbocycles. The Morgan fingerprint density at radius 3 is 2.47 bits per heavy atom. The van der Waals surface area contributed by atoms with Crippen LogP contribution in [0, 0.1) is 5.92 Å². The Morgan fingerprint density at radius 2 is 1.82 bits per heavy atom. The first kappa shape index (κ1) is 25.9. The number of carboxylic acid groups (broad SMARTS) is 1. The van der Waals surface area contributed by atoms with Gasteiger partial charge < -0.3 is 28.6 Å². The zero-order valence-electron chi connectivity index (χ0n) is 22.0. The number of aromatic nitrogens is 1. The van der Waals surface area contributed by atoms with Crippen molar-refractivity contribution < 1.29 is 33.4 Å². The van der Waals surface area contributed by atoms with Crippen LogP contribution in [0.25, 0.3) is 11.3 Å². The molecule has 38 heavy (non-hydrogen) atoms. The first-order valence-corrected chi connectivity index (χ1v) is 13.5. The number of benzene rings is 2. The van der Waals surface area contributed by atoms with Crippen molar-refractivity contribution in [3.8, 4) is 34.3 Å². The highest BCUT2D eigenvalue weighted by Crippen LogP contribution is 2.43. The van der Waals surface area contributed by atoms with Gasteiger partial charge in [-0.1, -0.05) is 24.6 Å². The van der Waals surface area contributed by atoms with Gasteiger partial charge in [0.05, 0.1) is 20.3 Å². The minimum absolute atomic E-state index is 0.476. The first-order chi connectivity index (χ1) is 18.6. The number of nitrogens with zero attached hydrogens (tertiary/aromatic N) is 1. The van der Waals surface area contributed by atoms with Gasteiger partial charge in [-0.15, -0.1) is 0 Å². The smallest absolute Gasteiger partial charge is 0.344 e. The predicted octanol–water partition coefficient (Wildman–Crippen LogP) is 5.88. The Kier molecular flexibility index (Phi) is 8.05. The second kappa shape index (κ2) is 11.8. The van der Waals surface area contributed by atoms with Crippen molar-refractivity contribution in [1.82, 2.24) is 5.16 Å². The lowest BCUT2D eigenvalue weighted by molar-refractivity contribution is -0.145. The Morgan fingerprint density at radius 1 is 1.05 bits per heavy atom. The van der Waals surface area contributed by atoms with E-state index in [1.165, 1.54) is 12.8 Å². The molecule has 5 rings (SSSR count). The van der Waals surface area contributed by atoms with Gasteiger partial charge in [0, 0.05) is 29.2 Å². The van der Waals surface area contributed by atoms with Crippen molar-refractivity contribution in [2.75, 3.05) is 20.3 Å². The predicted molar refractivity (Wildman–Crippen MR) is 141 cm³/mol. The molecule has 0 spiro atoms. The van der Waals surface area contributed by atoms with E-state index in [0.29, 0.717) is 44.1 Å². The number of hydrogen-bond donors (Lipinski definition) is 1. The quantitative estimate of drug-likeness (QED) is 0.278. The summed E-state index contributed by atoms with van der Waals surface area (Å²) in [5.41, 5.74) is 4.72. The zero-order chi connectivity index (χ0) is 26.5. The molecule has 8 nitrogen and oxygen atoms in total. The number of rotatable bonds is 13. The van der Waals surface area contributed by atoms with Crippen LogP contribution < -0.4 is 18.9 Å². The topological polar surface area (TPSA) is 100 Å². The maximum atomic E-state index is 11.5. The lowest BCUT2D eigenvalue weighted by Gasteiger charge is -2.26. The molecular weight excluding hydrogens is 486 g/mol. The molecule has 1 N–H and O–H groups in total. The number of methoxy groups -OCH3 is 1. The number of hydrogen-bond acceptors (Lipinski definition) is 7. The Hall–Kier alpha value is -3.68. The molecule has 2 aromatic carbocycles. The number of aliphatic carboxylic acids is 1. The molecule has 1 aliphatic carbocycles. The monoisotopic (exact) mass is 521 g/mol. The van der Waals surface area contributed by atoms with Crippen LogP contribution in [-0.2, 0) is 24.1 Å². The van der Waals surface area contributed by atoms with Gasteiger partial charge in [-0.05, 0) is 68.2 Å². The van der Waals surface area contributed by atoms with Crippen LogP contribution in [-0.4, -0.2) is 42.7 Å². The fourth-order valence-corrected chi connectivity index (χ4v) is 5.04. The Balaban J connectivity index is 1.24. The van der Waals surface area contributed by atoms with Crippen LogP contribution in [0.1, 0.15) is 55.7 Å². The number of fused-ring (bicyclic) bond motifs is 1. The van der Waals surface area contributed by atoms with E-state index in [0.717, 1.165) is 64.5 Å². The third kappa shape index (κ3) is 5.74. The standard InChI is InChI=1S/C30H35NO7/c1-3-5-22-25(11-8-20-9-12-27(30(32)33)38-28(20)22)35-15-4-16-36-26-13-10-21(24-14-17-37-31-24)29(34-2)23(26)18-19-6-7-19/h8,10-11,13-14,17,19,27H,3-7,9,12,15-16,18H2,1-2H3,(H,32,33). The van der Waals surface area contributed by atoms with Crippen molar-refractivity contribution in [2.24, 2.45) is 5.92 Å². The number of carboxylic acids is 1. The molecule has 0 saturated heterocycles. The Labute approximate surface area is 222 Å². The van der Waals surface area contributed by atoms with E-state index in [9.17, 15) is 9.90 Å². The van der Waals surface area contributed by atoms with E-state index >= 15 is 0 Å². The fourth-order valence-electron chi connectivity index (χ4n) is 5.04. The zero-order valence-corrected chi connectivity index (χ0v) is 22.0. The maximum Gasteiger partial charge on any atom is 0.344 e. The molecule has 1 atom stereocenters. The van der Waals surface area contributed by atoms with Crippen LogP contribution >= 0.6 is 0 Å². The summed E-state index contributed by atoms with van der Waals surface area (Å²) >= 11 is 0. The molecule has 1 unspecified atom stereocenters. The highest BCUT2D eigenvalue weighted by molar-refractivity contribution is 5.74. The summed E-state index contributed by atoms with van der Waals surface area (Å²) in [6.07, 6.45) is 7.66. The van der Waals surface area contributed by atoms with Gasteiger partial charge in [0.15, 0.2) is 6.10 Å². The molecular formula is C30H35NO7. The second-order valence-electron chi connectivity index (χ2n) is 9.97. The number of ether oxygens (including phenoxy) is 4. The molecule has 8 heteroatoms. The third-order valence-corrected chi connectivity index (χ3v) is 7.14. The van der Waals surface area contributed by atoms with Gasteiger partial charge in [0.1, 0.15) is 35.0 Å². The van der Waals surface area contributed by atoms with Gasteiger partial charge >= 0.3 is 5.97 Å². The average molecular weight is 522 g/mol. The van der Waals surface area contributed by atoms with Gasteiger partial charge in [0.25, 0.3) is 0 Å². The van der Waals surface area contributed by atoms with Gasteiger partial charge in [-0.2, -0.15) is 0 Å². The molecule has 0 radical (unpaired) electrons. The average Bonchev–Trinajstić information content (AvgIpc) is 3.58. The molecule has 1 fully saturated rings. The lowest BCUT2D eigenvalue weighted by atomic mass is 9.96. The number of aryl methyl sites for hydroxylation is 1. The summed E-state index contributed by atoms with van der Waals surface area (Å²) in [7, 11) is 1.68. The van der Waals surface area contributed by atoms with E-state index in [4.69, 9.17) is 23.5 Å². The van der Waals surface area contributed by atoms with Crippen LogP contribution in [0.5, 0.6) is 23.0 Å². The van der Waals surface area contributed by atoms with Crippen molar-refractivity contribution in [1.29, 1.82) is 0 Å². The van der Waals surface area contributed by atoms with Gasteiger partial charge in [-0.25, -0.2) is 4.79 Å². The van der Waals surface area contributed by atoms with Crippen LogP contribution in [0.2, 0.25) is 0 Å². The third-order valence-electron chi connectivity index (χ3n) is 7.14. The summed E-state index contributed by atoms with van der Waals surface area (Å²) in [5.74, 6) is 2.79. The number of carbonyl (C=O) groups is 1. The summed E-state index contributed by atoms with van der Waals surface area (Å²) < 4.78 is 29.1. The molecule has 0 amide bonds. The highest BCUT2D eigenvalue weighted by Gasteiger charge is 2.29. The summed E-state index contributed by atoms with van der Waals surface area (Å²) in [6.45, 7) is 3.07. The van der Waals surface area contributed by atoms with E-state index in [1.807, 2.05) is 30.3 Å². The summed E-state index contributed by atoms with van der Waals surface area (Å²) in [5, 5.41) is 13.5. The molecule has 2 aliphatic rings. The normalized spacial score (nSPS) is 16.4. The molecule has 3 aromatic rings. The Bertz CT molecular complexity index is 1250. The maximum absolute atomic E-state index is 11.5. The molecule has 202 valence electrons. The van der Waals surface area contributed by atoms with Crippen LogP contribution in [0.15, 0.2) is 41.1 Å². The van der Waals surface area contributed by atoms with E-state index in [1.54, 1.807) is 13.4 Å².